The van der Waals surface area contributed by atoms with E-state index in [4.69, 9.17) is 4.74 Å². The van der Waals surface area contributed by atoms with Gasteiger partial charge in [0, 0.05) is 26.8 Å². The Labute approximate surface area is 126 Å². The van der Waals surface area contributed by atoms with E-state index in [0.717, 1.165) is 17.5 Å². The summed E-state index contributed by atoms with van der Waals surface area (Å²) in [5.74, 6) is 0. The number of benzene rings is 1. The minimum atomic E-state index is -0.656. The molecule has 0 saturated carbocycles. The molecular formula is C16H24N2O3. The summed E-state index contributed by atoms with van der Waals surface area (Å²) in [4.78, 5) is 26.7. The Morgan fingerprint density at radius 2 is 1.67 bits per heavy atom. The van der Waals surface area contributed by atoms with Gasteiger partial charge in [0.15, 0.2) is 0 Å². The quantitative estimate of drug-likeness (QED) is 0.801. The van der Waals surface area contributed by atoms with Gasteiger partial charge in [0.1, 0.15) is 17.9 Å². The number of carbonyl (C=O) groups is 2. The molecule has 116 valence electrons. The summed E-state index contributed by atoms with van der Waals surface area (Å²) < 4.78 is 5.29. The third kappa shape index (κ3) is 4.77. The van der Waals surface area contributed by atoms with E-state index in [1.54, 1.807) is 27.8 Å². The normalized spacial score (nSPS) is 12.5. The Kier molecular flexibility index (Phi) is 5.35. The standard InChI is InChI=1S/C16H24N2O3/c1-16(2,3)21-15(20)18(6)14(11-19)12-7-9-13(10-8-12)17(4)5/h7-11,14H,1-6H3. The molecule has 0 spiro atoms. The molecule has 0 heterocycles. The molecule has 0 aromatic heterocycles. The molecule has 0 radical (unpaired) electrons. The highest BCUT2D eigenvalue weighted by atomic mass is 16.6. The lowest BCUT2D eigenvalue weighted by Crippen LogP contribution is -2.37. The highest BCUT2D eigenvalue weighted by molar-refractivity contribution is 5.74. The topological polar surface area (TPSA) is 49.9 Å². The lowest BCUT2D eigenvalue weighted by Gasteiger charge is -2.28. The second-order valence-corrected chi connectivity index (χ2v) is 6.16. The minimum Gasteiger partial charge on any atom is -0.444 e. The zero-order chi connectivity index (χ0) is 16.2. The van der Waals surface area contributed by atoms with Crippen LogP contribution in [0.5, 0.6) is 0 Å². The summed E-state index contributed by atoms with van der Waals surface area (Å²) in [6, 6.07) is 6.85. The van der Waals surface area contributed by atoms with Crippen LogP contribution < -0.4 is 4.90 Å². The summed E-state index contributed by atoms with van der Waals surface area (Å²) in [6.07, 6.45) is 0.227. The maximum atomic E-state index is 12.0. The zero-order valence-corrected chi connectivity index (χ0v) is 13.6. The SMILES string of the molecule is CN(C)c1ccc(C(C=O)N(C)C(=O)OC(C)(C)C)cc1. The number of likely N-dealkylation sites (N-methyl/N-ethyl adjacent to an activating group) is 1. The van der Waals surface area contributed by atoms with Gasteiger partial charge in [0.05, 0.1) is 0 Å². The van der Waals surface area contributed by atoms with Crippen LogP contribution in [0.15, 0.2) is 24.3 Å². The van der Waals surface area contributed by atoms with E-state index < -0.39 is 17.7 Å². The Morgan fingerprint density at radius 1 is 1.14 bits per heavy atom. The van der Waals surface area contributed by atoms with Crippen molar-refractivity contribution < 1.29 is 14.3 Å². The first-order valence-electron chi connectivity index (χ1n) is 6.84. The molecule has 5 heteroatoms. The number of anilines is 1. The van der Waals surface area contributed by atoms with Gasteiger partial charge in [-0.1, -0.05) is 12.1 Å². The Bertz CT molecular complexity index is 489. The van der Waals surface area contributed by atoms with Crippen LogP contribution >= 0.6 is 0 Å². The monoisotopic (exact) mass is 292 g/mol. The summed E-state index contributed by atoms with van der Waals surface area (Å²) in [5.41, 5.74) is 1.19. The number of amides is 1. The molecule has 0 aliphatic rings. The molecule has 21 heavy (non-hydrogen) atoms. The molecule has 0 aliphatic carbocycles. The molecular weight excluding hydrogens is 268 g/mol. The lowest BCUT2D eigenvalue weighted by atomic mass is 10.1. The first-order chi connectivity index (χ1) is 9.65. The molecule has 1 aromatic rings. The molecule has 0 fully saturated rings. The fourth-order valence-corrected chi connectivity index (χ4v) is 1.81. The average molecular weight is 292 g/mol. The van der Waals surface area contributed by atoms with E-state index in [1.807, 2.05) is 43.3 Å². The van der Waals surface area contributed by atoms with Gasteiger partial charge in [-0.25, -0.2) is 4.79 Å². The molecule has 1 atom stereocenters. The van der Waals surface area contributed by atoms with E-state index in [0.29, 0.717) is 0 Å². The average Bonchev–Trinajstić information content (AvgIpc) is 2.38. The van der Waals surface area contributed by atoms with Gasteiger partial charge in [-0.3, -0.25) is 4.90 Å². The molecule has 1 unspecified atom stereocenters. The third-order valence-electron chi connectivity index (χ3n) is 2.98. The first kappa shape index (κ1) is 17.0. The van der Waals surface area contributed by atoms with Crippen LogP contribution in [0.25, 0.3) is 0 Å². The number of nitrogens with zero attached hydrogens (tertiary/aromatic N) is 2. The highest BCUT2D eigenvalue weighted by Gasteiger charge is 2.26. The van der Waals surface area contributed by atoms with E-state index >= 15 is 0 Å². The Balaban J connectivity index is 2.91. The van der Waals surface area contributed by atoms with E-state index in [1.165, 1.54) is 4.90 Å². The number of hydrogen-bond donors (Lipinski definition) is 0. The van der Waals surface area contributed by atoms with E-state index in [2.05, 4.69) is 0 Å². The van der Waals surface area contributed by atoms with Crippen LogP contribution in [0.1, 0.15) is 32.4 Å². The van der Waals surface area contributed by atoms with Gasteiger partial charge in [-0.05, 0) is 38.5 Å². The highest BCUT2D eigenvalue weighted by Crippen LogP contribution is 2.22. The van der Waals surface area contributed by atoms with Crippen molar-refractivity contribution in [2.75, 3.05) is 26.0 Å². The zero-order valence-electron chi connectivity index (χ0n) is 13.6. The van der Waals surface area contributed by atoms with Crippen molar-refractivity contribution in [1.82, 2.24) is 4.90 Å². The Morgan fingerprint density at radius 3 is 2.05 bits per heavy atom. The second-order valence-electron chi connectivity index (χ2n) is 6.16. The van der Waals surface area contributed by atoms with Gasteiger partial charge in [0.2, 0.25) is 0 Å². The van der Waals surface area contributed by atoms with Crippen LogP contribution in [0, 0.1) is 0 Å². The number of carbonyl (C=O) groups excluding carboxylic acids is 2. The molecule has 1 amide bonds. The predicted octanol–water partition coefficient (Wildman–Crippen LogP) is 2.86. The van der Waals surface area contributed by atoms with Crippen LogP contribution in [0.2, 0.25) is 0 Å². The number of rotatable bonds is 4. The summed E-state index contributed by atoms with van der Waals surface area (Å²) >= 11 is 0. The summed E-state index contributed by atoms with van der Waals surface area (Å²) in [7, 11) is 5.45. The summed E-state index contributed by atoms with van der Waals surface area (Å²) in [5, 5.41) is 0. The van der Waals surface area contributed by atoms with Crippen molar-refractivity contribution in [3.8, 4) is 0 Å². The van der Waals surface area contributed by atoms with Gasteiger partial charge >= 0.3 is 6.09 Å². The van der Waals surface area contributed by atoms with Crippen molar-refractivity contribution in [2.45, 2.75) is 32.4 Å². The maximum Gasteiger partial charge on any atom is 0.410 e. The van der Waals surface area contributed by atoms with Crippen LogP contribution in [-0.4, -0.2) is 44.0 Å². The predicted molar refractivity (Wildman–Crippen MR) is 83.6 cm³/mol. The third-order valence-corrected chi connectivity index (χ3v) is 2.98. The molecule has 1 rings (SSSR count). The molecule has 0 saturated heterocycles. The first-order valence-corrected chi connectivity index (χ1v) is 6.84. The van der Waals surface area contributed by atoms with Gasteiger partial charge in [0.25, 0.3) is 0 Å². The van der Waals surface area contributed by atoms with Crippen molar-refractivity contribution in [3.05, 3.63) is 29.8 Å². The number of aldehydes is 1. The maximum absolute atomic E-state index is 12.0. The van der Waals surface area contributed by atoms with Crippen LogP contribution in [-0.2, 0) is 9.53 Å². The second kappa shape index (κ2) is 6.61. The molecule has 0 bridgehead atoms. The molecule has 0 N–H and O–H groups in total. The van der Waals surface area contributed by atoms with Gasteiger partial charge in [-0.15, -0.1) is 0 Å². The van der Waals surface area contributed by atoms with Gasteiger partial charge < -0.3 is 14.4 Å². The number of ether oxygens (including phenoxy) is 1. The fraction of sp³-hybridized carbons (Fsp3) is 0.500. The molecule has 0 aliphatic heterocycles. The smallest absolute Gasteiger partial charge is 0.410 e. The largest absolute Gasteiger partial charge is 0.444 e. The fourth-order valence-electron chi connectivity index (χ4n) is 1.81. The Hall–Kier alpha value is -2.04. The van der Waals surface area contributed by atoms with Gasteiger partial charge in [-0.2, -0.15) is 0 Å². The van der Waals surface area contributed by atoms with Crippen molar-refractivity contribution in [1.29, 1.82) is 0 Å². The number of hydrogen-bond acceptors (Lipinski definition) is 4. The molecule has 1 aromatic carbocycles. The summed E-state index contributed by atoms with van der Waals surface area (Å²) in [6.45, 7) is 5.38. The van der Waals surface area contributed by atoms with Crippen LogP contribution in [0.3, 0.4) is 0 Å². The van der Waals surface area contributed by atoms with Crippen LogP contribution in [0.4, 0.5) is 10.5 Å². The van der Waals surface area contributed by atoms with Crippen molar-refractivity contribution >= 4 is 18.1 Å². The van der Waals surface area contributed by atoms with E-state index in [9.17, 15) is 9.59 Å². The van der Waals surface area contributed by atoms with Crippen molar-refractivity contribution in [2.24, 2.45) is 0 Å². The van der Waals surface area contributed by atoms with Crippen molar-refractivity contribution in [3.63, 3.8) is 0 Å². The molecule has 5 nitrogen and oxygen atoms in total. The minimum absolute atomic E-state index is 0.517. The lowest BCUT2D eigenvalue weighted by molar-refractivity contribution is -0.112. The van der Waals surface area contributed by atoms with E-state index in [-0.39, 0.29) is 0 Å².